The van der Waals surface area contributed by atoms with Crippen LogP contribution in [0.1, 0.15) is 28.8 Å². The number of carbonyl (C=O) groups is 4. The van der Waals surface area contributed by atoms with Gasteiger partial charge in [-0.3, -0.25) is 30.0 Å². The fourth-order valence-corrected chi connectivity index (χ4v) is 2.45. The molecule has 0 atom stereocenters. The standard InChI is InChI=1S/C20H20BrN3O5/c1-13-11-15(7-8-16(13)21)22-18(26)12-29-19(27)10-9-17(25)23-24-20(28)14-5-3-2-4-6-14/h2-8,11H,9-10,12H2,1H3,(H,22,26)(H,23,25)(H,24,28). The van der Waals surface area contributed by atoms with Crippen molar-refractivity contribution in [2.45, 2.75) is 19.8 Å². The second-order valence-electron chi connectivity index (χ2n) is 6.04. The van der Waals surface area contributed by atoms with Crippen LogP contribution in [0, 0.1) is 6.92 Å². The molecule has 8 nitrogen and oxygen atoms in total. The second-order valence-corrected chi connectivity index (χ2v) is 6.90. The summed E-state index contributed by atoms with van der Waals surface area (Å²) in [6.07, 6.45) is -0.418. The molecule has 3 N–H and O–H groups in total. The minimum absolute atomic E-state index is 0.193. The van der Waals surface area contributed by atoms with Gasteiger partial charge in [0, 0.05) is 22.1 Å². The third kappa shape index (κ3) is 7.74. The van der Waals surface area contributed by atoms with Gasteiger partial charge in [-0.15, -0.1) is 0 Å². The Labute approximate surface area is 176 Å². The Hall–Kier alpha value is -3.20. The molecule has 152 valence electrons. The summed E-state index contributed by atoms with van der Waals surface area (Å²) in [5.74, 6) is -2.21. The molecule has 0 saturated carbocycles. The summed E-state index contributed by atoms with van der Waals surface area (Å²) in [6, 6.07) is 13.6. The van der Waals surface area contributed by atoms with E-state index >= 15 is 0 Å². The van der Waals surface area contributed by atoms with Gasteiger partial charge in [-0.1, -0.05) is 34.1 Å². The summed E-state index contributed by atoms with van der Waals surface area (Å²) in [7, 11) is 0. The van der Waals surface area contributed by atoms with Crippen LogP contribution in [0.2, 0.25) is 0 Å². The molecule has 0 bridgehead atoms. The molecule has 0 aliphatic rings. The lowest BCUT2D eigenvalue weighted by Gasteiger charge is -2.09. The molecule has 0 aliphatic heterocycles. The molecule has 9 heteroatoms. The maximum absolute atomic E-state index is 11.8. The van der Waals surface area contributed by atoms with E-state index in [9.17, 15) is 19.2 Å². The van der Waals surface area contributed by atoms with Gasteiger partial charge in [-0.2, -0.15) is 0 Å². The fraction of sp³-hybridized carbons (Fsp3) is 0.200. The highest BCUT2D eigenvalue weighted by molar-refractivity contribution is 9.10. The molecule has 2 rings (SSSR count). The second kappa shape index (κ2) is 11.0. The Kier molecular flexibility index (Phi) is 8.35. The molecule has 0 unspecified atom stereocenters. The first-order valence-corrected chi connectivity index (χ1v) is 9.50. The summed E-state index contributed by atoms with van der Waals surface area (Å²) in [5.41, 5.74) is 6.39. The predicted molar refractivity (Wildman–Crippen MR) is 110 cm³/mol. The number of aryl methyl sites for hydroxylation is 1. The first-order chi connectivity index (χ1) is 13.8. The van der Waals surface area contributed by atoms with Crippen molar-refractivity contribution in [1.29, 1.82) is 0 Å². The Morgan fingerprint density at radius 3 is 2.34 bits per heavy atom. The smallest absolute Gasteiger partial charge is 0.306 e. The van der Waals surface area contributed by atoms with Gasteiger partial charge in [0.15, 0.2) is 6.61 Å². The van der Waals surface area contributed by atoms with E-state index in [2.05, 4.69) is 32.1 Å². The molecule has 0 aliphatic carbocycles. The molecular weight excluding hydrogens is 442 g/mol. The molecule has 0 heterocycles. The number of halogens is 1. The summed E-state index contributed by atoms with van der Waals surface area (Å²) < 4.78 is 5.76. The van der Waals surface area contributed by atoms with E-state index in [0.29, 0.717) is 11.3 Å². The molecule has 0 fully saturated rings. The van der Waals surface area contributed by atoms with Crippen LogP contribution in [0.5, 0.6) is 0 Å². The number of hydrazine groups is 1. The quantitative estimate of drug-likeness (QED) is 0.432. The van der Waals surface area contributed by atoms with Crippen molar-refractivity contribution >= 4 is 45.3 Å². The highest BCUT2D eigenvalue weighted by Crippen LogP contribution is 2.19. The van der Waals surface area contributed by atoms with Crippen LogP contribution < -0.4 is 16.2 Å². The van der Waals surface area contributed by atoms with Gasteiger partial charge in [-0.05, 0) is 42.8 Å². The van der Waals surface area contributed by atoms with Gasteiger partial charge in [0.25, 0.3) is 11.8 Å². The number of anilines is 1. The molecule has 0 saturated heterocycles. The van der Waals surface area contributed by atoms with Crippen molar-refractivity contribution in [3.05, 3.63) is 64.1 Å². The average Bonchev–Trinajstić information content (AvgIpc) is 2.72. The number of ether oxygens (including phenoxy) is 1. The fourth-order valence-electron chi connectivity index (χ4n) is 2.20. The highest BCUT2D eigenvalue weighted by Gasteiger charge is 2.12. The van der Waals surface area contributed by atoms with Crippen molar-refractivity contribution in [3.63, 3.8) is 0 Å². The Bertz CT molecular complexity index is 902. The van der Waals surface area contributed by atoms with Crippen molar-refractivity contribution in [3.8, 4) is 0 Å². The number of hydrogen-bond acceptors (Lipinski definition) is 5. The number of hydrogen-bond donors (Lipinski definition) is 3. The van der Waals surface area contributed by atoms with Crippen LogP contribution >= 0.6 is 15.9 Å². The maximum atomic E-state index is 11.8. The molecule has 0 aromatic heterocycles. The molecule has 0 spiro atoms. The third-order valence-corrected chi connectivity index (χ3v) is 4.60. The summed E-state index contributed by atoms with van der Waals surface area (Å²) in [6.45, 7) is 1.42. The summed E-state index contributed by atoms with van der Waals surface area (Å²) in [4.78, 5) is 47.0. The zero-order chi connectivity index (χ0) is 21.2. The van der Waals surface area contributed by atoms with E-state index in [0.717, 1.165) is 10.0 Å². The van der Waals surface area contributed by atoms with Gasteiger partial charge in [0.1, 0.15) is 0 Å². The maximum Gasteiger partial charge on any atom is 0.306 e. The van der Waals surface area contributed by atoms with Crippen LogP contribution in [0.3, 0.4) is 0 Å². The molecule has 2 aromatic carbocycles. The summed E-state index contributed by atoms with van der Waals surface area (Å²) in [5, 5.41) is 2.61. The predicted octanol–water partition coefficient (Wildman–Crippen LogP) is 2.48. The van der Waals surface area contributed by atoms with Crippen molar-refractivity contribution < 1.29 is 23.9 Å². The van der Waals surface area contributed by atoms with Gasteiger partial charge < -0.3 is 10.1 Å². The zero-order valence-electron chi connectivity index (χ0n) is 15.7. The van der Waals surface area contributed by atoms with Crippen LogP contribution in [0.15, 0.2) is 53.0 Å². The van der Waals surface area contributed by atoms with E-state index in [4.69, 9.17) is 4.74 Å². The lowest BCUT2D eigenvalue weighted by molar-refractivity contribution is -0.148. The first kappa shape index (κ1) is 22.1. The van der Waals surface area contributed by atoms with E-state index < -0.39 is 30.3 Å². The van der Waals surface area contributed by atoms with Gasteiger partial charge in [0.05, 0.1) is 6.42 Å². The van der Waals surface area contributed by atoms with E-state index in [-0.39, 0.29) is 12.8 Å². The van der Waals surface area contributed by atoms with Gasteiger partial charge in [-0.25, -0.2) is 0 Å². The topological polar surface area (TPSA) is 114 Å². The number of nitrogens with one attached hydrogen (secondary N) is 3. The van der Waals surface area contributed by atoms with Crippen molar-refractivity contribution in [2.75, 3.05) is 11.9 Å². The number of rotatable bonds is 7. The van der Waals surface area contributed by atoms with Crippen LogP contribution in [-0.2, 0) is 19.1 Å². The monoisotopic (exact) mass is 461 g/mol. The van der Waals surface area contributed by atoms with Gasteiger partial charge >= 0.3 is 5.97 Å². The van der Waals surface area contributed by atoms with Crippen molar-refractivity contribution in [1.82, 2.24) is 10.9 Å². The van der Waals surface area contributed by atoms with E-state index in [1.54, 1.807) is 48.5 Å². The van der Waals surface area contributed by atoms with E-state index in [1.165, 1.54) is 0 Å². The Balaban J connectivity index is 1.64. The zero-order valence-corrected chi connectivity index (χ0v) is 17.2. The molecule has 2 aromatic rings. The first-order valence-electron chi connectivity index (χ1n) is 8.71. The number of amides is 3. The molecule has 3 amide bonds. The Morgan fingerprint density at radius 1 is 0.931 bits per heavy atom. The minimum atomic E-state index is -0.698. The third-order valence-electron chi connectivity index (χ3n) is 3.71. The SMILES string of the molecule is Cc1cc(NC(=O)COC(=O)CCC(=O)NNC(=O)c2ccccc2)ccc1Br. The average molecular weight is 462 g/mol. The van der Waals surface area contributed by atoms with Crippen LogP contribution in [0.4, 0.5) is 5.69 Å². The molecular formula is C20H20BrN3O5. The van der Waals surface area contributed by atoms with Crippen molar-refractivity contribution in [2.24, 2.45) is 0 Å². The lowest BCUT2D eigenvalue weighted by atomic mass is 10.2. The van der Waals surface area contributed by atoms with Gasteiger partial charge in [0.2, 0.25) is 5.91 Å². The van der Waals surface area contributed by atoms with E-state index in [1.807, 2.05) is 6.92 Å². The molecule has 29 heavy (non-hydrogen) atoms. The highest BCUT2D eigenvalue weighted by atomic mass is 79.9. The van der Waals surface area contributed by atoms with Crippen LogP contribution in [0.25, 0.3) is 0 Å². The Morgan fingerprint density at radius 2 is 1.66 bits per heavy atom. The number of carbonyl (C=O) groups excluding carboxylic acids is 4. The minimum Gasteiger partial charge on any atom is -0.456 e. The largest absolute Gasteiger partial charge is 0.456 e. The summed E-state index contributed by atoms with van der Waals surface area (Å²) >= 11 is 3.37. The molecule has 0 radical (unpaired) electrons. The normalized spacial score (nSPS) is 10.0. The number of esters is 1. The lowest BCUT2D eigenvalue weighted by Crippen LogP contribution is -2.41. The van der Waals surface area contributed by atoms with Crippen LogP contribution in [-0.4, -0.2) is 30.3 Å². The number of benzene rings is 2.